The fraction of sp³-hybridized carbons (Fsp3) is 0.167. The molecule has 3 aromatic carbocycles. The second-order valence-corrected chi connectivity index (χ2v) is 6.97. The van der Waals surface area contributed by atoms with Gasteiger partial charge in [-0.05, 0) is 68.8 Å². The minimum absolute atomic E-state index is 0.0290. The first-order chi connectivity index (χ1) is 13.9. The van der Waals surface area contributed by atoms with Gasteiger partial charge >= 0.3 is 0 Å². The first-order valence-corrected chi connectivity index (χ1v) is 9.48. The topological polar surface area (TPSA) is 67.4 Å². The number of benzene rings is 3. The number of amides is 2. The molecule has 0 atom stereocenters. The molecule has 3 aromatic rings. The molecule has 0 bridgehead atoms. The molecule has 5 nitrogen and oxygen atoms in total. The van der Waals surface area contributed by atoms with E-state index < -0.39 is 0 Å². The Morgan fingerprint density at radius 1 is 0.828 bits per heavy atom. The molecule has 29 heavy (non-hydrogen) atoms. The zero-order valence-corrected chi connectivity index (χ0v) is 16.7. The largest absolute Gasteiger partial charge is 0.490 e. The fourth-order valence-electron chi connectivity index (χ4n) is 2.88. The van der Waals surface area contributed by atoms with Crippen LogP contribution >= 0.6 is 0 Å². The summed E-state index contributed by atoms with van der Waals surface area (Å²) in [5, 5.41) is 5.79. The van der Waals surface area contributed by atoms with Gasteiger partial charge in [-0.15, -0.1) is 0 Å². The van der Waals surface area contributed by atoms with E-state index in [1.807, 2.05) is 51.1 Å². The van der Waals surface area contributed by atoms with E-state index >= 15 is 0 Å². The van der Waals surface area contributed by atoms with Crippen molar-refractivity contribution in [2.24, 2.45) is 0 Å². The molecule has 0 spiro atoms. The van der Waals surface area contributed by atoms with Crippen LogP contribution in [0.1, 0.15) is 40.1 Å². The van der Waals surface area contributed by atoms with Crippen LogP contribution in [0.4, 0.5) is 11.4 Å². The summed E-state index contributed by atoms with van der Waals surface area (Å²) >= 11 is 0. The van der Waals surface area contributed by atoms with Crippen molar-refractivity contribution in [3.63, 3.8) is 0 Å². The van der Waals surface area contributed by atoms with E-state index in [0.29, 0.717) is 28.3 Å². The van der Waals surface area contributed by atoms with E-state index in [-0.39, 0.29) is 17.9 Å². The third kappa shape index (κ3) is 5.23. The van der Waals surface area contributed by atoms with E-state index in [4.69, 9.17) is 4.74 Å². The van der Waals surface area contributed by atoms with Gasteiger partial charge in [0.25, 0.3) is 11.8 Å². The summed E-state index contributed by atoms with van der Waals surface area (Å²) in [4.78, 5) is 25.1. The number of hydrogen-bond donors (Lipinski definition) is 2. The molecule has 0 fully saturated rings. The van der Waals surface area contributed by atoms with Gasteiger partial charge in [-0.1, -0.05) is 30.3 Å². The van der Waals surface area contributed by atoms with Gasteiger partial charge < -0.3 is 15.4 Å². The highest BCUT2D eigenvalue weighted by Gasteiger charge is 2.14. The Kier molecular flexibility index (Phi) is 6.29. The van der Waals surface area contributed by atoms with Crippen LogP contribution in [-0.4, -0.2) is 17.9 Å². The van der Waals surface area contributed by atoms with Crippen LogP contribution in [0.3, 0.4) is 0 Å². The molecular weight excluding hydrogens is 364 g/mol. The van der Waals surface area contributed by atoms with Crippen molar-refractivity contribution < 1.29 is 14.3 Å². The number of carbonyl (C=O) groups is 2. The Bertz CT molecular complexity index is 1010. The average Bonchev–Trinajstić information content (AvgIpc) is 2.70. The number of aryl methyl sites for hydroxylation is 1. The van der Waals surface area contributed by atoms with Crippen molar-refractivity contribution in [3.8, 4) is 5.75 Å². The van der Waals surface area contributed by atoms with Crippen molar-refractivity contribution in [2.75, 3.05) is 10.6 Å². The Hall–Kier alpha value is -3.60. The molecular formula is C24H24N2O3. The number of rotatable bonds is 6. The zero-order valence-electron chi connectivity index (χ0n) is 16.7. The summed E-state index contributed by atoms with van der Waals surface area (Å²) in [5.74, 6) is 0.121. The normalized spacial score (nSPS) is 10.5. The van der Waals surface area contributed by atoms with Gasteiger partial charge in [-0.25, -0.2) is 0 Å². The Balaban J connectivity index is 1.72. The van der Waals surface area contributed by atoms with Gasteiger partial charge in [0.15, 0.2) is 0 Å². The second kappa shape index (κ2) is 9.06. The highest BCUT2D eigenvalue weighted by Crippen LogP contribution is 2.24. The number of carbonyl (C=O) groups excluding carboxylic acids is 2. The Morgan fingerprint density at radius 3 is 2.21 bits per heavy atom. The number of nitrogens with one attached hydrogen (secondary N) is 2. The third-order valence-electron chi connectivity index (χ3n) is 4.26. The molecule has 0 aliphatic heterocycles. The lowest BCUT2D eigenvalue weighted by Crippen LogP contribution is -2.16. The number of ether oxygens (including phenoxy) is 1. The highest BCUT2D eigenvalue weighted by molar-refractivity contribution is 6.07. The van der Waals surface area contributed by atoms with Gasteiger partial charge in [-0.2, -0.15) is 0 Å². The maximum absolute atomic E-state index is 12.7. The molecule has 0 unspecified atom stereocenters. The number of anilines is 2. The Morgan fingerprint density at radius 2 is 1.52 bits per heavy atom. The first kappa shape index (κ1) is 20.1. The summed E-state index contributed by atoms with van der Waals surface area (Å²) in [5.41, 5.74) is 3.25. The first-order valence-electron chi connectivity index (χ1n) is 9.48. The van der Waals surface area contributed by atoms with E-state index in [2.05, 4.69) is 10.6 Å². The molecule has 0 radical (unpaired) electrons. The third-order valence-corrected chi connectivity index (χ3v) is 4.26. The van der Waals surface area contributed by atoms with Crippen LogP contribution in [0.5, 0.6) is 5.75 Å². The fourth-order valence-corrected chi connectivity index (χ4v) is 2.88. The SMILES string of the molecule is Cc1cc(NC(=O)c2ccccc2OC(C)C)ccc1NC(=O)c1ccccc1. The maximum Gasteiger partial charge on any atom is 0.259 e. The molecule has 5 heteroatoms. The molecule has 0 saturated heterocycles. The van der Waals surface area contributed by atoms with Crippen LogP contribution < -0.4 is 15.4 Å². The van der Waals surface area contributed by atoms with Crippen LogP contribution in [-0.2, 0) is 0 Å². The van der Waals surface area contributed by atoms with Gasteiger partial charge in [0.05, 0.1) is 11.7 Å². The molecule has 148 valence electrons. The maximum atomic E-state index is 12.7. The summed E-state index contributed by atoms with van der Waals surface area (Å²) < 4.78 is 5.72. The van der Waals surface area contributed by atoms with E-state index in [1.54, 1.807) is 42.5 Å². The number of para-hydroxylation sites is 1. The standard InChI is InChI=1S/C24H24N2O3/c1-16(2)29-22-12-8-7-11-20(22)24(28)25-19-13-14-21(17(3)15-19)26-23(27)18-9-5-4-6-10-18/h4-16H,1-3H3,(H,25,28)(H,26,27). The smallest absolute Gasteiger partial charge is 0.259 e. The summed E-state index contributed by atoms with van der Waals surface area (Å²) in [6.45, 7) is 5.72. The average molecular weight is 388 g/mol. The Labute approximate surface area is 170 Å². The molecule has 0 aliphatic carbocycles. The van der Waals surface area contributed by atoms with Crippen molar-refractivity contribution in [1.82, 2.24) is 0 Å². The highest BCUT2D eigenvalue weighted by atomic mass is 16.5. The molecule has 0 heterocycles. The molecule has 0 aromatic heterocycles. The lowest BCUT2D eigenvalue weighted by molar-refractivity contribution is 0.101. The molecule has 0 aliphatic rings. The van der Waals surface area contributed by atoms with E-state index in [1.165, 1.54) is 0 Å². The predicted octanol–water partition coefficient (Wildman–Crippen LogP) is 5.29. The van der Waals surface area contributed by atoms with Crippen molar-refractivity contribution in [3.05, 3.63) is 89.5 Å². The van der Waals surface area contributed by atoms with E-state index in [0.717, 1.165) is 5.56 Å². The van der Waals surface area contributed by atoms with Crippen LogP contribution in [0.15, 0.2) is 72.8 Å². The lowest BCUT2D eigenvalue weighted by atomic mass is 10.1. The quantitative estimate of drug-likeness (QED) is 0.603. The minimum Gasteiger partial charge on any atom is -0.490 e. The summed E-state index contributed by atoms with van der Waals surface area (Å²) in [6.07, 6.45) is -0.0290. The van der Waals surface area contributed by atoms with Crippen molar-refractivity contribution in [1.29, 1.82) is 0 Å². The molecule has 0 saturated carbocycles. The van der Waals surface area contributed by atoms with Gasteiger partial charge in [0.1, 0.15) is 5.75 Å². The summed E-state index contributed by atoms with van der Waals surface area (Å²) in [6, 6.07) is 21.5. The predicted molar refractivity (Wildman–Crippen MR) is 116 cm³/mol. The second-order valence-electron chi connectivity index (χ2n) is 6.97. The lowest BCUT2D eigenvalue weighted by Gasteiger charge is -2.15. The number of hydrogen-bond acceptors (Lipinski definition) is 3. The van der Waals surface area contributed by atoms with Crippen LogP contribution in [0, 0.1) is 6.92 Å². The van der Waals surface area contributed by atoms with Gasteiger partial charge in [0.2, 0.25) is 0 Å². The molecule has 2 amide bonds. The minimum atomic E-state index is -0.248. The van der Waals surface area contributed by atoms with Crippen LogP contribution in [0.25, 0.3) is 0 Å². The van der Waals surface area contributed by atoms with Gasteiger partial charge in [0, 0.05) is 16.9 Å². The van der Waals surface area contributed by atoms with Gasteiger partial charge in [-0.3, -0.25) is 9.59 Å². The summed E-state index contributed by atoms with van der Waals surface area (Å²) in [7, 11) is 0. The monoisotopic (exact) mass is 388 g/mol. The zero-order chi connectivity index (χ0) is 20.8. The molecule has 3 rings (SSSR count). The van der Waals surface area contributed by atoms with Crippen molar-refractivity contribution >= 4 is 23.2 Å². The van der Waals surface area contributed by atoms with E-state index in [9.17, 15) is 9.59 Å². The molecule has 2 N–H and O–H groups in total. The van der Waals surface area contributed by atoms with Crippen LogP contribution in [0.2, 0.25) is 0 Å². The van der Waals surface area contributed by atoms with Crippen molar-refractivity contribution in [2.45, 2.75) is 26.9 Å².